The molecule has 112 valence electrons. The monoisotopic (exact) mass is 308 g/mol. The van der Waals surface area contributed by atoms with Crippen LogP contribution in [0.1, 0.15) is 23.1 Å². The SMILES string of the molecule is CC[n+]1cc[nH]c1CC(=O)c1ccc(NS(C)(=O)=O)cc1. The lowest BCUT2D eigenvalue weighted by molar-refractivity contribution is -0.698. The van der Waals surface area contributed by atoms with Crippen LogP contribution < -0.4 is 9.29 Å². The van der Waals surface area contributed by atoms with Crippen LogP contribution in [0.25, 0.3) is 0 Å². The third-order valence-corrected chi connectivity index (χ3v) is 3.64. The molecule has 2 N–H and O–H groups in total. The number of nitrogens with one attached hydrogen (secondary N) is 2. The maximum absolute atomic E-state index is 12.2. The van der Waals surface area contributed by atoms with Gasteiger partial charge in [-0.1, -0.05) is 0 Å². The summed E-state index contributed by atoms with van der Waals surface area (Å²) in [6.45, 7) is 2.80. The first-order chi connectivity index (χ1) is 9.89. The van der Waals surface area contributed by atoms with Gasteiger partial charge in [-0.05, 0) is 31.2 Å². The van der Waals surface area contributed by atoms with Crippen LogP contribution in [0.5, 0.6) is 0 Å². The molecule has 6 nitrogen and oxygen atoms in total. The Morgan fingerprint density at radius 2 is 1.95 bits per heavy atom. The maximum Gasteiger partial charge on any atom is 0.262 e. The van der Waals surface area contributed by atoms with Gasteiger partial charge in [-0.15, -0.1) is 0 Å². The van der Waals surface area contributed by atoms with E-state index in [9.17, 15) is 13.2 Å². The molecule has 2 rings (SSSR count). The first-order valence-electron chi connectivity index (χ1n) is 6.56. The lowest BCUT2D eigenvalue weighted by Gasteiger charge is -2.04. The zero-order valence-corrected chi connectivity index (χ0v) is 12.8. The minimum absolute atomic E-state index is 0.0226. The Morgan fingerprint density at radius 3 is 2.52 bits per heavy atom. The van der Waals surface area contributed by atoms with Crippen molar-refractivity contribution in [3.8, 4) is 0 Å². The van der Waals surface area contributed by atoms with Crippen molar-refractivity contribution in [2.75, 3.05) is 11.0 Å². The van der Waals surface area contributed by atoms with E-state index in [1.165, 1.54) is 0 Å². The largest absolute Gasteiger partial charge is 0.293 e. The van der Waals surface area contributed by atoms with E-state index in [0.29, 0.717) is 11.3 Å². The van der Waals surface area contributed by atoms with E-state index < -0.39 is 10.0 Å². The number of anilines is 1. The average Bonchev–Trinajstić information content (AvgIpc) is 2.85. The molecule has 21 heavy (non-hydrogen) atoms. The normalized spacial score (nSPS) is 11.3. The van der Waals surface area contributed by atoms with Gasteiger partial charge in [0.25, 0.3) is 5.82 Å². The van der Waals surface area contributed by atoms with Crippen LogP contribution in [-0.4, -0.2) is 25.4 Å². The Balaban J connectivity index is 2.10. The van der Waals surface area contributed by atoms with Gasteiger partial charge in [0.05, 0.1) is 12.8 Å². The highest BCUT2D eigenvalue weighted by Gasteiger charge is 2.15. The fraction of sp³-hybridized carbons (Fsp3) is 0.286. The van der Waals surface area contributed by atoms with Crippen LogP contribution in [0.15, 0.2) is 36.7 Å². The Kier molecular flexibility index (Phi) is 4.42. The molecule has 0 atom stereocenters. The summed E-state index contributed by atoms with van der Waals surface area (Å²) in [5.74, 6) is 0.825. The number of benzene rings is 1. The van der Waals surface area contributed by atoms with Crippen LogP contribution in [-0.2, 0) is 23.0 Å². The van der Waals surface area contributed by atoms with Crippen molar-refractivity contribution in [2.45, 2.75) is 19.9 Å². The Bertz CT molecular complexity index is 733. The minimum atomic E-state index is -3.30. The maximum atomic E-state index is 12.2. The summed E-state index contributed by atoms with van der Waals surface area (Å²) in [4.78, 5) is 15.3. The van der Waals surface area contributed by atoms with Crippen LogP contribution in [0.3, 0.4) is 0 Å². The lowest BCUT2D eigenvalue weighted by atomic mass is 10.1. The molecule has 0 unspecified atom stereocenters. The van der Waals surface area contributed by atoms with E-state index in [4.69, 9.17) is 0 Å². The second-order valence-electron chi connectivity index (χ2n) is 4.74. The molecule has 1 aromatic heterocycles. The third kappa shape index (κ3) is 4.16. The molecule has 0 saturated heterocycles. The van der Waals surface area contributed by atoms with Crippen molar-refractivity contribution in [1.29, 1.82) is 0 Å². The fourth-order valence-corrected chi connectivity index (χ4v) is 2.60. The lowest BCUT2D eigenvalue weighted by Crippen LogP contribution is -2.35. The molecule has 2 aromatic rings. The summed E-state index contributed by atoms with van der Waals surface area (Å²) in [7, 11) is -3.30. The van der Waals surface area contributed by atoms with Gasteiger partial charge in [-0.2, -0.15) is 0 Å². The summed E-state index contributed by atoms with van der Waals surface area (Å²) in [5, 5.41) is 0. The Morgan fingerprint density at radius 1 is 1.29 bits per heavy atom. The van der Waals surface area contributed by atoms with Gasteiger partial charge in [0.2, 0.25) is 10.0 Å². The molecular formula is C14H18N3O3S+. The predicted octanol–water partition coefficient (Wildman–Crippen LogP) is 1.12. The van der Waals surface area contributed by atoms with Crippen molar-refractivity contribution in [3.05, 3.63) is 48.0 Å². The highest BCUT2D eigenvalue weighted by molar-refractivity contribution is 7.92. The first-order valence-corrected chi connectivity index (χ1v) is 8.45. The van der Waals surface area contributed by atoms with E-state index >= 15 is 0 Å². The van der Waals surface area contributed by atoms with Gasteiger partial charge in [-0.25, -0.2) is 18.0 Å². The smallest absolute Gasteiger partial charge is 0.262 e. The number of sulfonamides is 1. The number of rotatable bonds is 6. The molecule has 0 amide bonds. The number of carbonyl (C=O) groups excluding carboxylic acids is 1. The van der Waals surface area contributed by atoms with Gasteiger partial charge in [-0.3, -0.25) is 9.52 Å². The van der Waals surface area contributed by atoms with E-state index in [-0.39, 0.29) is 12.2 Å². The summed E-state index contributed by atoms with van der Waals surface area (Å²) in [6.07, 6.45) is 5.05. The van der Waals surface area contributed by atoms with Crippen molar-refractivity contribution in [3.63, 3.8) is 0 Å². The zero-order valence-electron chi connectivity index (χ0n) is 12.0. The number of imidazole rings is 1. The quantitative estimate of drug-likeness (QED) is 0.619. The highest BCUT2D eigenvalue weighted by atomic mass is 32.2. The molecule has 0 spiro atoms. The van der Waals surface area contributed by atoms with Gasteiger partial charge in [0, 0.05) is 11.3 Å². The van der Waals surface area contributed by atoms with Crippen LogP contribution in [0, 0.1) is 0 Å². The van der Waals surface area contributed by atoms with Gasteiger partial charge >= 0.3 is 0 Å². The molecule has 7 heteroatoms. The standard InChI is InChI=1S/C14H17N3O3S/c1-3-17-9-8-15-14(17)10-13(18)11-4-6-12(7-5-11)16-21(2,19)20/h4-9H,3,10H2,1-2H3,(H,16,18)/p+1. The van der Waals surface area contributed by atoms with E-state index in [1.807, 2.05) is 17.7 Å². The van der Waals surface area contributed by atoms with Crippen molar-refractivity contribution >= 4 is 21.5 Å². The Labute approximate surface area is 123 Å². The number of carbonyl (C=O) groups is 1. The van der Waals surface area contributed by atoms with Crippen LogP contribution in [0.4, 0.5) is 5.69 Å². The molecule has 0 bridgehead atoms. The second-order valence-corrected chi connectivity index (χ2v) is 6.49. The molecule has 1 aromatic carbocycles. The molecule has 0 aliphatic carbocycles. The van der Waals surface area contributed by atoms with Gasteiger partial charge in [0.15, 0.2) is 5.78 Å². The number of aryl methyl sites for hydroxylation is 1. The van der Waals surface area contributed by atoms with Gasteiger partial charge < -0.3 is 0 Å². The van der Waals surface area contributed by atoms with E-state index in [0.717, 1.165) is 18.6 Å². The fourth-order valence-electron chi connectivity index (χ4n) is 2.04. The molecule has 0 fully saturated rings. The first kappa shape index (κ1) is 15.2. The molecule has 1 heterocycles. The third-order valence-electron chi connectivity index (χ3n) is 3.03. The highest BCUT2D eigenvalue weighted by Crippen LogP contribution is 2.12. The van der Waals surface area contributed by atoms with E-state index in [1.54, 1.807) is 30.5 Å². The number of hydrogen-bond acceptors (Lipinski definition) is 3. The average molecular weight is 308 g/mol. The predicted molar refractivity (Wildman–Crippen MR) is 79.6 cm³/mol. The zero-order chi connectivity index (χ0) is 15.5. The van der Waals surface area contributed by atoms with Crippen LogP contribution >= 0.6 is 0 Å². The van der Waals surface area contributed by atoms with Crippen molar-refractivity contribution in [1.82, 2.24) is 4.98 Å². The van der Waals surface area contributed by atoms with Crippen molar-refractivity contribution < 1.29 is 17.8 Å². The van der Waals surface area contributed by atoms with Crippen LogP contribution in [0.2, 0.25) is 0 Å². The minimum Gasteiger partial charge on any atom is -0.293 e. The molecule has 0 radical (unpaired) electrons. The summed E-state index contributed by atoms with van der Waals surface area (Å²) >= 11 is 0. The number of nitrogens with zero attached hydrogens (tertiary/aromatic N) is 1. The van der Waals surface area contributed by atoms with Crippen molar-refractivity contribution in [2.24, 2.45) is 0 Å². The number of ketones is 1. The number of aromatic amines is 1. The molecule has 0 aliphatic heterocycles. The number of H-pyrrole nitrogens is 1. The van der Waals surface area contributed by atoms with Gasteiger partial charge in [0.1, 0.15) is 18.8 Å². The molecular weight excluding hydrogens is 290 g/mol. The Hall–Kier alpha value is -2.15. The number of aromatic nitrogens is 2. The topological polar surface area (TPSA) is 82.9 Å². The molecule has 0 saturated carbocycles. The second kappa shape index (κ2) is 6.09. The number of Topliss-reactive ketones (excluding diaryl/α,β-unsaturated/α-hetero) is 1. The summed E-state index contributed by atoms with van der Waals surface area (Å²) < 4.78 is 26.6. The summed E-state index contributed by atoms with van der Waals surface area (Å²) in [6, 6.07) is 6.40. The van der Waals surface area contributed by atoms with E-state index in [2.05, 4.69) is 9.71 Å². The number of hydrogen-bond donors (Lipinski definition) is 2. The summed E-state index contributed by atoms with van der Waals surface area (Å²) in [5.41, 5.74) is 0.990. The molecule has 0 aliphatic rings.